The third-order valence-corrected chi connectivity index (χ3v) is 3.78. The largest absolute Gasteiger partial charge is 0.802 e. The Morgan fingerprint density at radius 2 is 1.23 bits per heavy atom. The number of hydrogen-bond donors (Lipinski definition) is 0. The SMILES string of the molecule is CC(=Nc1c(C)cccc1C)C(=[N-])c1c(C)cccc1C.[Ni]. The van der Waals surface area contributed by atoms with Gasteiger partial charge in [0, 0.05) is 22.2 Å². The van der Waals surface area contributed by atoms with E-state index in [0.717, 1.165) is 33.5 Å². The van der Waals surface area contributed by atoms with Gasteiger partial charge >= 0.3 is 0 Å². The summed E-state index contributed by atoms with van der Waals surface area (Å²) in [6.45, 7) is 9.94. The maximum atomic E-state index is 10.6. The zero-order valence-corrected chi connectivity index (χ0v) is 14.7. The van der Waals surface area contributed by atoms with Crippen LogP contribution in [0.4, 0.5) is 5.69 Å². The van der Waals surface area contributed by atoms with Gasteiger partial charge in [0.15, 0.2) is 0 Å². The summed E-state index contributed by atoms with van der Waals surface area (Å²) in [6.07, 6.45) is 0. The first-order chi connectivity index (χ1) is 9.91. The standard InChI is InChI=1S/C19H21N2.Ni/c1-12-8-6-9-13(2)17(12)18(20)16(5)21-19-14(3)10-7-11-15(19)4;/h6-11H,1-5H3;/q-1;. The average molecular weight is 336 g/mol. The van der Waals surface area contributed by atoms with Crippen LogP contribution in [0.3, 0.4) is 0 Å². The molecule has 0 atom stereocenters. The second-order valence-electron chi connectivity index (χ2n) is 5.55. The van der Waals surface area contributed by atoms with Crippen molar-refractivity contribution in [1.82, 2.24) is 0 Å². The number of aliphatic imine (C=N–C) groups is 1. The second kappa shape index (κ2) is 7.51. The summed E-state index contributed by atoms with van der Waals surface area (Å²) in [5.74, 6) is 0. The van der Waals surface area contributed by atoms with Crippen LogP contribution in [0.25, 0.3) is 5.41 Å². The van der Waals surface area contributed by atoms with Crippen LogP contribution in [0.2, 0.25) is 0 Å². The fourth-order valence-electron chi connectivity index (χ4n) is 2.57. The number of nitrogens with zero attached hydrogens (tertiary/aromatic N) is 2. The van der Waals surface area contributed by atoms with Gasteiger partial charge in [-0.15, -0.1) is 5.71 Å². The van der Waals surface area contributed by atoms with Gasteiger partial charge in [0.25, 0.3) is 0 Å². The van der Waals surface area contributed by atoms with Crippen molar-refractivity contribution in [3.8, 4) is 0 Å². The molecule has 2 nitrogen and oxygen atoms in total. The van der Waals surface area contributed by atoms with Crippen LogP contribution in [0, 0.1) is 27.7 Å². The Kier molecular flexibility index (Phi) is 6.25. The number of rotatable bonds is 3. The van der Waals surface area contributed by atoms with Crippen LogP contribution in [-0.4, -0.2) is 11.4 Å². The van der Waals surface area contributed by atoms with E-state index in [1.165, 1.54) is 0 Å². The minimum Gasteiger partial charge on any atom is -0.802 e. The van der Waals surface area contributed by atoms with Gasteiger partial charge in [-0.05, 0) is 62.4 Å². The molecule has 0 radical (unpaired) electrons. The first-order valence-corrected chi connectivity index (χ1v) is 7.16. The van der Waals surface area contributed by atoms with E-state index in [1.807, 2.05) is 71.0 Å². The van der Waals surface area contributed by atoms with E-state index in [0.29, 0.717) is 5.71 Å². The predicted octanol–water partition coefficient (Wildman–Crippen LogP) is 5.07. The molecule has 2 aromatic rings. The van der Waals surface area contributed by atoms with Crippen LogP contribution in [0.1, 0.15) is 34.7 Å². The minimum absolute atomic E-state index is 0. The molecule has 0 aliphatic rings. The molecule has 2 aromatic carbocycles. The molecule has 0 aromatic heterocycles. The molecule has 0 N–H and O–H groups in total. The molecule has 0 heterocycles. The molecule has 118 valence electrons. The Morgan fingerprint density at radius 1 is 0.818 bits per heavy atom. The fraction of sp³-hybridized carbons (Fsp3) is 0.263. The number of hydrogen-bond acceptors (Lipinski definition) is 1. The number of benzene rings is 2. The quantitative estimate of drug-likeness (QED) is 0.554. The van der Waals surface area contributed by atoms with E-state index < -0.39 is 0 Å². The third kappa shape index (κ3) is 3.72. The Morgan fingerprint density at radius 3 is 1.68 bits per heavy atom. The predicted molar refractivity (Wildman–Crippen MR) is 92.1 cm³/mol. The number of para-hydroxylation sites is 1. The van der Waals surface area contributed by atoms with Gasteiger partial charge in [-0.1, -0.05) is 36.4 Å². The summed E-state index contributed by atoms with van der Waals surface area (Å²) in [4.78, 5) is 4.65. The third-order valence-electron chi connectivity index (χ3n) is 3.78. The maximum Gasteiger partial charge on any atom is 0.0690 e. The molecular formula is C19H21N2Ni-. The Labute approximate surface area is 143 Å². The molecule has 0 spiro atoms. The van der Waals surface area contributed by atoms with Crippen molar-refractivity contribution in [2.24, 2.45) is 4.99 Å². The van der Waals surface area contributed by atoms with Gasteiger partial charge in [-0.25, -0.2) is 0 Å². The molecule has 0 aliphatic heterocycles. The van der Waals surface area contributed by atoms with Crippen LogP contribution in [0.5, 0.6) is 0 Å². The summed E-state index contributed by atoms with van der Waals surface area (Å²) in [5, 5.41) is 10.6. The van der Waals surface area contributed by atoms with E-state index in [9.17, 15) is 5.41 Å². The zero-order valence-electron chi connectivity index (χ0n) is 13.7. The van der Waals surface area contributed by atoms with E-state index in [1.54, 1.807) is 0 Å². The summed E-state index contributed by atoms with van der Waals surface area (Å²) < 4.78 is 0. The van der Waals surface area contributed by atoms with Crippen molar-refractivity contribution in [2.45, 2.75) is 34.6 Å². The zero-order chi connectivity index (χ0) is 15.6. The molecular weight excluding hydrogens is 315 g/mol. The summed E-state index contributed by atoms with van der Waals surface area (Å²) in [6, 6.07) is 12.1. The first kappa shape index (κ1) is 18.3. The first-order valence-electron chi connectivity index (χ1n) is 7.16. The summed E-state index contributed by atoms with van der Waals surface area (Å²) in [5.41, 5.74) is 7.07. The van der Waals surface area contributed by atoms with Crippen molar-refractivity contribution in [3.05, 3.63) is 69.6 Å². The van der Waals surface area contributed by atoms with Gasteiger partial charge in [0.05, 0.1) is 5.69 Å². The van der Waals surface area contributed by atoms with E-state index in [4.69, 9.17) is 0 Å². The minimum atomic E-state index is 0. The molecule has 22 heavy (non-hydrogen) atoms. The topological polar surface area (TPSA) is 34.7 Å². The van der Waals surface area contributed by atoms with Crippen molar-refractivity contribution in [2.75, 3.05) is 0 Å². The molecule has 0 aliphatic carbocycles. The van der Waals surface area contributed by atoms with E-state index >= 15 is 0 Å². The van der Waals surface area contributed by atoms with Crippen LogP contribution >= 0.6 is 0 Å². The Balaban J connectivity index is 0.00000242. The number of aryl methyl sites for hydroxylation is 4. The van der Waals surface area contributed by atoms with Gasteiger partial charge in [-0.3, -0.25) is 4.99 Å². The fourth-order valence-corrected chi connectivity index (χ4v) is 2.57. The van der Waals surface area contributed by atoms with Crippen molar-refractivity contribution < 1.29 is 16.5 Å². The van der Waals surface area contributed by atoms with Gasteiger partial charge in [0.1, 0.15) is 0 Å². The van der Waals surface area contributed by atoms with Crippen molar-refractivity contribution in [3.63, 3.8) is 0 Å². The van der Waals surface area contributed by atoms with Gasteiger partial charge in [0.2, 0.25) is 0 Å². The van der Waals surface area contributed by atoms with Gasteiger partial charge < -0.3 is 5.41 Å². The summed E-state index contributed by atoms with van der Waals surface area (Å²) >= 11 is 0. The molecule has 0 saturated carbocycles. The van der Waals surface area contributed by atoms with Crippen LogP contribution in [0.15, 0.2) is 41.4 Å². The average Bonchev–Trinajstić information content (AvgIpc) is 2.42. The Hall–Kier alpha value is -1.73. The van der Waals surface area contributed by atoms with E-state index in [2.05, 4.69) is 4.99 Å². The van der Waals surface area contributed by atoms with Gasteiger partial charge in [-0.2, -0.15) is 0 Å². The van der Waals surface area contributed by atoms with E-state index in [-0.39, 0.29) is 22.2 Å². The second-order valence-corrected chi connectivity index (χ2v) is 5.55. The molecule has 3 heteroatoms. The molecule has 0 unspecified atom stereocenters. The van der Waals surface area contributed by atoms with Crippen LogP contribution < -0.4 is 0 Å². The normalized spacial score (nSPS) is 11.0. The molecule has 2 rings (SSSR count). The smallest absolute Gasteiger partial charge is 0.0690 e. The van der Waals surface area contributed by atoms with Crippen molar-refractivity contribution in [1.29, 1.82) is 0 Å². The molecule has 0 bridgehead atoms. The monoisotopic (exact) mass is 335 g/mol. The maximum absolute atomic E-state index is 10.6. The van der Waals surface area contributed by atoms with Crippen LogP contribution in [-0.2, 0) is 16.5 Å². The molecule has 0 fully saturated rings. The summed E-state index contributed by atoms with van der Waals surface area (Å²) in [7, 11) is 0. The van der Waals surface area contributed by atoms with Crippen molar-refractivity contribution >= 4 is 17.1 Å². The Bertz CT molecular complexity index is 690. The molecule has 0 amide bonds. The molecule has 0 saturated heterocycles.